The molecule has 1 aromatic heterocycles. The van der Waals surface area contributed by atoms with E-state index in [9.17, 15) is 18.8 Å². The Morgan fingerprint density at radius 3 is 2.33 bits per heavy atom. The highest BCUT2D eigenvalue weighted by atomic mass is 19.1. The smallest absolute Gasteiger partial charge is 0.266 e. The number of halogens is 2. The Morgan fingerprint density at radius 1 is 0.939 bits per heavy atom. The average Bonchev–Trinajstić information content (AvgIpc) is 2.78. The SMILES string of the molecule is Cc1cc(-c2ccc(OCc3cccc(F)c3)c(Cc3cccc(F)c3)c2)c(C#N)c(=O)[nH]1. The van der Waals surface area contributed by atoms with Crippen LogP contribution >= 0.6 is 0 Å². The predicted octanol–water partition coefficient (Wildman–Crippen LogP) is 5.67. The van der Waals surface area contributed by atoms with E-state index in [1.807, 2.05) is 18.2 Å². The molecule has 0 bridgehead atoms. The number of nitrogens with zero attached hydrogens (tertiary/aromatic N) is 1. The molecule has 0 fully saturated rings. The topological polar surface area (TPSA) is 65.9 Å². The molecule has 0 aliphatic rings. The molecule has 4 rings (SSSR count). The first-order valence-electron chi connectivity index (χ1n) is 10.3. The van der Waals surface area contributed by atoms with Gasteiger partial charge < -0.3 is 9.72 Å². The molecule has 1 N–H and O–H groups in total. The molecule has 0 aliphatic heterocycles. The molecule has 0 aliphatic carbocycles. The predicted molar refractivity (Wildman–Crippen MR) is 122 cm³/mol. The molecule has 4 aromatic rings. The van der Waals surface area contributed by atoms with Crippen molar-refractivity contribution in [1.29, 1.82) is 5.26 Å². The normalized spacial score (nSPS) is 10.6. The number of nitrogens with one attached hydrogen (secondary N) is 1. The number of ether oxygens (including phenoxy) is 1. The lowest BCUT2D eigenvalue weighted by atomic mass is 9.96. The van der Waals surface area contributed by atoms with Crippen LogP contribution < -0.4 is 10.3 Å². The number of H-pyrrole nitrogens is 1. The minimum absolute atomic E-state index is 0.0192. The molecule has 4 nitrogen and oxygen atoms in total. The van der Waals surface area contributed by atoms with E-state index in [2.05, 4.69) is 4.98 Å². The van der Waals surface area contributed by atoms with Crippen LogP contribution in [-0.4, -0.2) is 4.98 Å². The van der Waals surface area contributed by atoms with Crippen LogP contribution in [0.1, 0.15) is 27.9 Å². The van der Waals surface area contributed by atoms with E-state index < -0.39 is 5.56 Å². The average molecular weight is 442 g/mol. The van der Waals surface area contributed by atoms with Gasteiger partial charge >= 0.3 is 0 Å². The number of nitriles is 1. The molecule has 1 heterocycles. The molecule has 33 heavy (non-hydrogen) atoms. The first kappa shape index (κ1) is 22.0. The standard InChI is InChI=1S/C27H20F2N2O2/c1-17-10-24(25(15-30)27(32)31-17)20-8-9-26(33-16-19-5-3-7-23(29)13-19)21(14-20)11-18-4-2-6-22(28)12-18/h2-10,12-14H,11,16H2,1H3,(H,31,32). The van der Waals surface area contributed by atoms with Crippen molar-refractivity contribution in [3.63, 3.8) is 0 Å². The van der Waals surface area contributed by atoms with Gasteiger partial charge in [-0.1, -0.05) is 30.3 Å². The quantitative estimate of drug-likeness (QED) is 0.418. The first-order valence-corrected chi connectivity index (χ1v) is 10.3. The fourth-order valence-electron chi connectivity index (χ4n) is 3.71. The van der Waals surface area contributed by atoms with Crippen LogP contribution in [0.15, 0.2) is 77.6 Å². The Morgan fingerprint density at radius 2 is 1.64 bits per heavy atom. The van der Waals surface area contributed by atoms with Crippen molar-refractivity contribution in [1.82, 2.24) is 4.98 Å². The van der Waals surface area contributed by atoms with Crippen molar-refractivity contribution in [2.75, 3.05) is 0 Å². The van der Waals surface area contributed by atoms with Gasteiger partial charge in [0.1, 0.15) is 35.6 Å². The third-order valence-electron chi connectivity index (χ3n) is 5.22. The molecular weight excluding hydrogens is 422 g/mol. The van der Waals surface area contributed by atoms with Gasteiger partial charge in [-0.3, -0.25) is 4.79 Å². The zero-order valence-electron chi connectivity index (χ0n) is 17.9. The lowest BCUT2D eigenvalue weighted by Crippen LogP contribution is -2.12. The van der Waals surface area contributed by atoms with E-state index in [4.69, 9.17) is 4.74 Å². The highest BCUT2D eigenvalue weighted by molar-refractivity contribution is 5.72. The van der Waals surface area contributed by atoms with Gasteiger partial charge in [0.25, 0.3) is 5.56 Å². The molecule has 0 saturated heterocycles. The van der Waals surface area contributed by atoms with Gasteiger partial charge in [-0.15, -0.1) is 0 Å². The van der Waals surface area contributed by atoms with Crippen LogP contribution in [0.25, 0.3) is 11.1 Å². The van der Waals surface area contributed by atoms with Gasteiger partial charge in [-0.2, -0.15) is 5.26 Å². The Kier molecular flexibility index (Phi) is 6.32. The highest BCUT2D eigenvalue weighted by Gasteiger charge is 2.14. The van der Waals surface area contributed by atoms with Crippen molar-refractivity contribution in [2.24, 2.45) is 0 Å². The zero-order chi connectivity index (χ0) is 23.4. The lowest BCUT2D eigenvalue weighted by molar-refractivity contribution is 0.303. The molecule has 0 saturated carbocycles. The number of pyridine rings is 1. The summed E-state index contributed by atoms with van der Waals surface area (Å²) in [5, 5.41) is 9.51. The summed E-state index contributed by atoms with van der Waals surface area (Å²) >= 11 is 0. The molecule has 3 aromatic carbocycles. The van der Waals surface area contributed by atoms with E-state index in [0.717, 1.165) is 11.1 Å². The third-order valence-corrected chi connectivity index (χ3v) is 5.22. The Labute approximate surface area is 189 Å². The van der Waals surface area contributed by atoms with Gasteiger partial charge in [0, 0.05) is 17.7 Å². The minimum Gasteiger partial charge on any atom is -0.489 e. The van der Waals surface area contributed by atoms with Crippen LogP contribution in [0.3, 0.4) is 0 Å². The zero-order valence-corrected chi connectivity index (χ0v) is 17.9. The molecule has 0 spiro atoms. The summed E-state index contributed by atoms with van der Waals surface area (Å²) in [5.74, 6) is -0.143. The molecule has 6 heteroatoms. The minimum atomic E-state index is -0.453. The molecule has 0 amide bonds. The number of hydrogen-bond donors (Lipinski definition) is 1. The summed E-state index contributed by atoms with van der Waals surface area (Å²) in [5.41, 5.74) is 3.54. The third kappa shape index (κ3) is 5.16. The van der Waals surface area contributed by atoms with Gasteiger partial charge in [-0.25, -0.2) is 8.78 Å². The molecule has 0 radical (unpaired) electrons. The van der Waals surface area contributed by atoms with Crippen molar-refractivity contribution >= 4 is 0 Å². The largest absolute Gasteiger partial charge is 0.489 e. The van der Waals surface area contributed by atoms with Gasteiger partial charge in [0.05, 0.1) is 0 Å². The summed E-state index contributed by atoms with van der Waals surface area (Å²) in [6.45, 7) is 1.90. The second kappa shape index (κ2) is 9.49. The van der Waals surface area contributed by atoms with Gasteiger partial charge in [-0.05, 0) is 71.6 Å². The van der Waals surface area contributed by atoms with Crippen molar-refractivity contribution in [2.45, 2.75) is 20.0 Å². The summed E-state index contributed by atoms with van der Waals surface area (Å²) in [4.78, 5) is 14.9. The fourth-order valence-corrected chi connectivity index (χ4v) is 3.71. The van der Waals surface area contributed by atoms with Crippen molar-refractivity contribution in [3.8, 4) is 22.9 Å². The van der Waals surface area contributed by atoms with Crippen LogP contribution in [0, 0.1) is 29.9 Å². The van der Waals surface area contributed by atoms with E-state index in [-0.39, 0.29) is 23.8 Å². The summed E-state index contributed by atoms with van der Waals surface area (Å²) < 4.78 is 33.3. The monoisotopic (exact) mass is 442 g/mol. The molecule has 164 valence electrons. The van der Waals surface area contributed by atoms with Crippen molar-refractivity contribution < 1.29 is 13.5 Å². The molecular formula is C27H20F2N2O2. The summed E-state index contributed by atoms with van der Waals surface area (Å²) in [6, 6.07) is 21.5. The Hall–Kier alpha value is -4.24. The van der Waals surface area contributed by atoms with E-state index in [1.165, 1.54) is 24.3 Å². The number of rotatable bonds is 6. The number of aromatic nitrogens is 1. The fraction of sp³-hybridized carbons (Fsp3) is 0.111. The van der Waals surface area contributed by atoms with Gasteiger partial charge in [0.15, 0.2) is 0 Å². The summed E-state index contributed by atoms with van der Waals surface area (Å²) in [7, 11) is 0. The maximum Gasteiger partial charge on any atom is 0.266 e. The van der Waals surface area contributed by atoms with Crippen LogP contribution in [0.5, 0.6) is 5.75 Å². The number of benzene rings is 3. The maximum atomic E-state index is 13.8. The van der Waals surface area contributed by atoms with Crippen molar-refractivity contribution in [3.05, 3.63) is 123 Å². The number of hydrogen-bond acceptors (Lipinski definition) is 3. The summed E-state index contributed by atoms with van der Waals surface area (Å²) in [6.07, 6.45) is 0.369. The second-order valence-corrected chi connectivity index (χ2v) is 7.73. The Balaban J connectivity index is 1.75. The maximum absolute atomic E-state index is 13.8. The Bertz CT molecular complexity index is 1420. The molecule has 0 unspecified atom stereocenters. The molecule has 0 atom stereocenters. The lowest BCUT2D eigenvalue weighted by Gasteiger charge is -2.15. The van der Waals surface area contributed by atoms with Crippen LogP contribution in [0.2, 0.25) is 0 Å². The van der Waals surface area contributed by atoms with E-state index in [1.54, 1.807) is 43.3 Å². The number of aryl methyl sites for hydroxylation is 1. The second-order valence-electron chi connectivity index (χ2n) is 7.73. The number of aromatic amines is 1. The van der Waals surface area contributed by atoms with Crippen LogP contribution in [-0.2, 0) is 13.0 Å². The van der Waals surface area contributed by atoms with Gasteiger partial charge in [0.2, 0.25) is 0 Å². The first-order chi connectivity index (χ1) is 15.9. The van der Waals surface area contributed by atoms with Crippen LogP contribution in [0.4, 0.5) is 8.78 Å². The highest BCUT2D eigenvalue weighted by Crippen LogP contribution is 2.30. The van der Waals surface area contributed by atoms with E-state index in [0.29, 0.717) is 34.6 Å². The van der Waals surface area contributed by atoms with E-state index >= 15 is 0 Å².